The summed E-state index contributed by atoms with van der Waals surface area (Å²) < 4.78 is 5.92. The van der Waals surface area contributed by atoms with E-state index in [-0.39, 0.29) is 12.3 Å². The van der Waals surface area contributed by atoms with Crippen molar-refractivity contribution in [2.45, 2.75) is 13.0 Å². The van der Waals surface area contributed by atoms with Gasteiger partial charge in [0.1, 0.15) is 12.0 Å². The topological polar surface area (TPSA) is 79.3 Å². The first-order chi connectivity index (χ1) is 13.9. The Morgan fingerprint density at radius 1 is 1.07 bits per heavy atom. The lowest BCUT2D eigenvalue weighted by Crippen LogP contribution is -2.39. The first-order valence-electron chi connectivity index (χ1n) is 8.86. The number of halogens is 2. The summed E-state index contributed by atoms with van der Waals surface area (Å²) in [5.74, 6) is -2.73. The van der Waals surface area contributed by atoms with Gasteiger partial charge in [-0.25, -0.2) is 9.69 Å². The highest BCUT2D eigenvalue weighted by molar-refractivity contribution is 9.10. The van der Waals surface area contributed by atoms with Crippen molar-refractivity contribution >= 4 is 62.4 Å². The van der Waals surface area contributed by atoms with Gasteiger partial charge in [0.2, 0.25) is 5.91 Å². The number of hydrogen-bond donors (Lipinski definition) is 0. The summed E-state index contributed by atoms with van der Waals surface area (Å²) in [6.45, 7) is 1.80. The zero-order valence-corrected chi connectivity index (χ0v) is 17.6. The molecule has 9 heteroatoms. The van der Waals surface area contributed by atoms with Crippen LogP contribution >= 0.6 is 27.5 Å². The fourth-order valence-electron chi connectivity index (χ4n) is 3.44. The molecule has 0 bridgehead atoms. The maximum atomic E-state index is 13.3. The molecule has 0 aliphatic carbocycles. The molecule has 2 amide bonds. The fraction of sp³-hybridized carbons (Fsp3) is 0.200. The van der Waals surface area contributed by atoms with Gasteiger partial charge < -0.3 is 4.74 Å². The van der Waals surface area contributed by atoms with E-state index < -0.39 is 29.7 Å². The number of benzene rings is 2. The Labute approximate surface area is 180 Å². The molecular formula is C20H15BrClN3O4. The molecule has 0 unspecified atom stereocenters. The standard InChI is InChI=1S/C20H15BrClN3O4/c1-2-29-20(28)16-15-17(25(23-16)14-7-3-11(21)4-8-14)19(27)24(18(15)26)13-9-5-12(22)6-10-13/h3-10,15,17H,2H2,1H3/t15-,17-/m0/s1. The van der Waals surface area contributed by atoms with Crippen LogP contribution in [0, 0.1) is 5.92 Å². The summed E-state index contributed by atoms with van der Waals surface area (Å²) in [5, 5.41) is 6.21. The first kappa shape index (κ1) is 19.6. The number of carbonyl (C=O) groups is 3. The van der Waals surface area contributed by atoms with Gasteiger partial charge in [-0.15, -0.1) is 0 Å². The van der Waals surface area contributed by atoms with Gasteiger partial charge in [0.25, 0.3) is 5.91 Å². The summed E-state index contributed by atoms with van der Waals surface area (Å²) in [5.41, 5.74) is 0.897. The number of ether oxygens (including phenoxy) is 1. The monoisotopic (exact) mass is 475 g/mol. The number of anilines is 2. The van der Waals surface area contributed by atoms with Crippen LogP contribution in [0.15, 0.2) is 58.1 Å². The Hall–Kier alpha value is -2.71. The average Bonchev–Trinajstić information content (AvgIpc) is 3.21. The normalized spacial score (nSPS) is 20.7. The summed E-state index contributed by atoms with van der Waals surface area (Å²) in [7, 11) is 0. The van der Waals surface area contributed by atoms with Crippen LogP contribution in [0.25, 0.3) is 0 Å². The molecule has 0 saturated carbocycles. The second-order valence-corrected chi connectivity index (χ2v) is 7.79. The number of esters is 1. The fourth-order valence-corrected chi connectivity index (χ4v) is 3.83. The van der Waals surface area contributed by atoms with Crippen molar-refractivity contribution in [3.8, 4) is 0 Å². The largest absolute Gasteiger partial charge is 0.461 e. The van der Waals surface area contributed by atoms with E-state index in [1.165, 1.54) is 5.01 Å². The third kappa shape index (κ3) is 3.32. The highest BCUT2D eigenvalue weighted by Crippen LogP contribution is 2.38. The number of carbonyl (C=O) groups excluding carboxylic acids is 3. The van der Waals surface area contributed by atoms with E-state index in [1.54, 1.807) is 55.5 Å². The van der Waals surface area contributed by atoms with E-state index in [1.807, 2.05) is 0 Å². The van der Waals surface area contributed by atoms with Gasteiger partial charge in [0.15, 0.2) is 5.71 Å². The lowest BCUT2D eigenvalue weighted by molar-refractivity contribution is -0.136. The number of fused-ring (bicyclic) bond motifs is 1. The van der Waals surface area contributed by atoms with E-state index in [0.29, 0.717) is 16.4 Å². The van der Waals surface area contributed by atoms with Crippen molar-refractivity contribution in [3.05, 3.63) is 58.0 Å². The molecule has 2 aromatic carbocycles. The lowest BCUT2D eigenvalue weighted by Gasteiger charge is -2.22. The molecule has 148 valence electrons. The smallest absolute Gasteiger partial charge is 0.355 e. The van der Waals surface area contributed by atoms with Crippen LogP contribution in [-0.2, 0) is 19.1 Å². The second kappa shape index (κ2) is 7.61. The highest BCUT2D eigenvalue weighted by atomic mass is 79.9. The molecule has 4 rings (SSSR count). The lowest BCUT2D eigenvalue weighted by atomic mass is 9.98. The Kier molecular flexibility index (Phi) is 5.14. The predicted octanol–water partition coefficient (Wildman–Crippen LogP) is 3.40. The molecule has 0 aromatic heterocycles. The first-order valence-corrected chi connectivity index (χ1v) is 10.0. The number of imide groups is 1. The molecule has 2 heterocycles. The molecule has 7 nitrogen and oxygen atoms in total. The van der Waals surface area contributed by atoms with Crippen LogP contribution in [0.4, 0.5) is 11.4 Å². The molecule has 0 radical (unpaired) electrons. The van der Waals surface area contributed by atoms with E-state index in [4.69, 9.17) is 16.3 Å². The van der Waals surface area contributed by atoms with Gasteiger partial charge in [0, 0.05) is 9.50 Å². The number of hydrogen-bond acceptors (Lipinski definition) is 6. The molecule has 2 atom stereocenters. The predicted molar refractivity (Wildman–Crippen MR) is 112 cm³/mol. The zero-order valence-electron chi connectivity index (χ0n) is 15.2. The van der Waals surface area contributed by atoms with Crippen LogP contribution in [0.1, 0.15) is 6.92 Å². The van der Waals surface area contributed by atoms with Gasteiger partial charge in [0.05, 0.1) is 18.0 Å². The number of hydrazone groups is 1. The summed E-state index contributed by atoms with van der Waals surface area (Å²) in [4.78, 5) is 40.0. The molecule has 1 saturated heterocycles. The minimum Gasteiger partial charge on any atom is -0.461 e. The van der Waals surface area contributed by atoms with Crippen molar-refractivity contribution in [2.24, 2.45) is 11.0 Å². The summed E-state index contributed by atoms with van der Waals surface area (Å²) >= 11 is 9.29. The van der Waals surface area contributed by atoms with Crippen LogP contribution in [0.2, 0.25) is 5.02 Å². The summed E-state index contributed by atoms with van der Waals surface area (Å²) in [6, 6.07) is 12.5. The Bertz CT molecular complexity index is 1020. The zero-order chi connectivity index (χ0) is 20.7. The second-order valence-electron chi connectivity index (χ2n) is 6.44. The van der Waals surface area contributed by atoms with Crippen molar-refractivity contribution in [3.63, 3.8) is 0 Å². The summed E-state index contributed by atoms with van der Waals surface area (Å²) in [6.07, 6.45) is 0. The maximum absolute atomic E-state index is 13.3. The van der Waals surface area contributed by atoms with Crippen LogP contribution in [0.3, 0.4) is 0 Å². The van der Waals surface area contributed by atoms with Gasteiger partial charge in [-0.1, -0.05) is 27.5 Å². The third-order valence-corrected chi connectivity index (χ3v) is 5.49. The van der Waals surface area contributed by atoms with Gasteiger partial charge in [-0.2, -0.15) is 5.10 Å². The number of amides is 2. The number of nitrogens with zero attached hydrogens (tertiary/aromatic N) is 3. The van der Waals surface area contributed by atoms with E-state index in [2.05, 4.69) is 21.0 Å². The van der Waals surface area contributed by atoms with Gasteiger partial charge in [-0.3, -0.25) is 14.6 Å². The average molecular weight is 477 g/mol. The van der Waals surface area contributed by atoms with Crippen molar-refractivity contribution in [1.29, 1.82) is 0 Å². The van der Waals surface area contributed by atoms with E-state index in [9.17, 15) is 14.4 Å². The maximum Gasteiger partial charge on any atom is 0.355 e. The third-order valence-electron chi connectivity index (χ3n) is 4.71. The van der Waals surface area contributed by atoms with Gasteiger partial charge >= 0.3 is 5.97 Å². The molecule has 2 aliphatic heterocycles. The quantitative estimate of drug-likeness (QED) is 0.499. The minimum absolute atomic E-state index is 0.0745. The van der Waals surface area contributed by atoms with Gasteiger partial charge in [-0.05, 0) is 55.5 Å². The molecule has 0 N–H and O–H groups in total. The Morgan fingerprint density at radius 3 is 2.31 bits per heavy atom. The minimum atomic E-state index is -1.04. The molecular weight excluding hydrogens is 462 g/mol. The molecule has 29 heavy (non-hydrogen) atoms. The van der Waals surface area contributed by atoms with Crippen molar-refractivity contribution in [1.82, 2.24) is 0 Å². The number of rotatable bonds is 4. The van der Waals surface area contributed by atoms with Crippen LogP contribution in [0.5, 0.6) is 0 Å². The van der Waals surface area contributed by atoms with Crippen LogP contribution in [-0.4, -0.2) is 36.1 Å². The SMILES string of the molecule is CCOC(=O)C1=NN(c2ccc(Br)cc2)[C@@H]2C(=O)N(c3ccc(Cl)cc3)C(=O)[C@@H]12. The van der Waals surface area contributed by atoms with Crippen molar-refractivity contribution < 1.29 is 19.1 Å². The highest BCUT2D eigenvalue weighted by Gasteiger charge is 2.59. The van der Waals surface area contributed by atoms with Crippen LogP contribution < -0.4 is 9.91 Å². The molecule has 2 aliphatic rings. The Morgan fingerprint density at radius 2 is 1.69 bits per heavy atom. The molecule has 0 spiro atoms. The Balaban J connectivity index is 1.78. The van der Waals surface area contributed by atoms with E-state index >= 15 is 0 Å². The van der Waals surface area contributed by atoms with Crippen molar-refractivity contribution in [2.75, 3.05) is 16.5 Å². The van der Waals surface area contributed by atoms with E-state index in [0.717, 1.165) is 9.37 Å². The molecule has 1 fully saturated rings. The molecule has 2 aromatic rings.